The lowest BCUT2D eigenvalue weighted by molar-refractivity contribution is -0.0837. The molecule has 0 aliphatic heterocycles. The van der Waals surface area contributed by atoms with Gasteiger partial charge in [-0.2, -0.15) is 0 Å². The third-order valence-corrected chi connectivity index (χ3v) is 8.42. The van der Waals surface area contributed by atoms with Crippen LogP contribution >= 0.6 is 7.26 Å². The van der Waals surface area contributed by atoms with Crippen LogP contribution in [0, 0.1) is 0 Å². The molecule has 0 amide bonds. The lowest BCUT2D eigenvalue weighted by atomic mass is 9.92. The normalized spacial score (nSPS) is 13.1. The van der Waals surface area contributed by atoms with Crippen molar-refractivity contribution in [3.05, 3.63) is 0 Å². The molecule has 0 heterocycles. The van der Waals surface area contributed by atoms with Gasteiger partial charge in [0.05, 0.1) is 24.6 Å². The zero-order chi connectivity index (χ0) is 14.3. The van der Waals surface area contributed by atoms with Gasteiger partial charge in [0.2, 0.25) is 0 Å². The quantitative estimate of drug-likeness (QED) is 0.386. The fourth-order valence-electron chi connectivity index (χ4n) is 1.34. The zero-order valence-corrected chi connectivity index (χ0v) is 11.5. The van der Waals surface area contributed by atoms with Crippen LogP contribution in [0.5, 0.6) is 0 Å². The van der Waals surface area contributed by atoms with E-state index in [2.05, 4.69) is 27.7 Å². The Kier molecular flexibility index (Phi) is 8.56. The van der Waals surface area contributed by atoms with Gasteiger partial charge in [-0.05, 0) is 27.7 Å². The summed E-state index contributed by atoms with van der Waals surface area (Å²) < 4.78 is 62.9. The van der Waals surface area contributed by atoms with Gasteiger partial charge in [0.1, 0.15) is 0 Å². The molecule has 17 heavy (non-hydrogen) atoms. The molecule has 106 valence electrons. The van der Waals surface area contributed by atoms with Crippen molar-refractivity contribution in [3.8, 4) is 0 Å². The molecule has 0 aliphatic rings. The van der Waals surface area contributed by atoms with E-state index >= 15 is 0 Å². The summed E-state index contributed by atoms with van der Waals surface area (Å²) in [4.78, 5) is 0. The molecular weight excluding hydrogens is 264 g/mol. The Labute approximate surface area is 99.5 Å². The summed E-state index contributed by atoms with van der Waals surface area (Å²) >= 11 is 0. The van der Waals surface area contributed by atoms with Crippen LogP contribution < -0.4 is 0 Å². The highest BCUT2D eigenvalue weighted by molar-refractivity contribution is 7.75. The molecule has 0 spiro atoms. The highest BCUT2D eigenvalue weighted by Gasteiger charge is 2.53. The highest BCUT2D eigenvalue weighted by Crippen LogP contribution is 2.57. The van der Waals surface area contributed by atoms with Crippen molar-refractivity contribution in [1.82, 2.24) is 0 Å². The number of rotatable bonds is 4. The van der Waals surface area contributed by atoms with Crippen molar-refractivity contribution in [3.63, 3.8) is 0 Å². The van der Waals surface area contributed by atoms with Crippen LogP contribution in [-0.2, 0) is 0 Å². The van der Waals surface area contributed by atoms with Crippen LogP contribution in [0.15, 0.2) is 0 Å². The van der Waals surface area contributed by atoms with Gasteiger partial charge in [0.15, 0.2) is 0 Å². The van der Waals surface area contributed by atoms with Crippen molar-refractivity contribution in [1.29, 1.82) is 0 Å². The molecule has 0 radical (unpaired) electrons. The summed E-state index contributed by atoms with van der Waals surface area (Å²) in [5.41, 5.74) is 0. The number of halogens is 6. The van der Waals surface area contributed by atoms with Gasteiger partial charge in [0, 0.05) is 7.26 Å². The Bertz CT molecular complexity index is 167. The van der Waals surface area contributed by atoms with E-state index in [1.54, 1.807) is 0 Å². The Morgan fingerprint density at radius 1 is 0.765 bits per heavy atom. The maximum Gasteiger partial charge on any atom is 0.583 e. The van der Waals surface area contributed by atoms with Crippen molar-refractivity contribution >= 4 is 14.2 Å². The molecule has 0 aliphatic carbocycles. The second-order valence-corrected chi connectivity index (χ2v) is 8.94. The van der Waals surface area contributed by atoms with Crippen LogP contribution in [0.3, 0.4) is 0 Å². The summed E-state index contributed by atoms with van der Waals surface area (Å²) in [6.07, 6.45) is -0.181. The molecule has 0 rings (SSSR count). The first kappa shape index (κ1) is 19.4. The van der Waals surface area contributed by atoms with Crippen molar-refractivity contribution < 1.29 is 26.1 Å². The first-order valence-corrected chi connectivity index (χ1v) is 8.13. The van der Waals surface area contributed by atoms with Crippen LogP contribution in [0.1, 0.15) is 27.7 Å². The predicted molar refractivity (Wildman–Crippen MR) is 64.2 cm³/mol. The molecule has 0 aromatic heterocycles. The Balaban J connectivity index is 0. The lowest BCUT2D eigenvalue weighted by Crippen LogP contribution is -2.37. The molecule has 0 saturated carbocycles. The summed E-state index contributed by atoms with van der Waals surface area (Å²) in [6.45, 7) is 2.76. The minimum atomic E-state index is -6.65. The van der Waals surface area contributed by atoms with Crippen molar-refractivity contribution in [2.45, 2.75) is 33.8 Å². The largest absolute Gasteiger partial charge is 0.583 e. The second-order valence-electron chi connectivity index (χ2n) is 3.72. The number of hydrogen-bond donors (Lipinski definition) is 0. The first-order valence-electron chi connectivity index (χ1n) is 5.60. The van der Waals surface area contributed by atoms with E-state index in [0.29, 0.717) is 0 Å². The van der Waals surface area contributed by atoms with Crippen LogP contribution in [0.2, 0.25) is 0 Å². The molecule has 0 nitrogen and oxygen atoms in total. The smallest absolute Gasteiger partial charge is 0.443 e. The minimum Gasteiger partial charge on any atom is -0.443 e. The second kappa shape index (κ2) is 7.50. The first-order chi connectivity index (χ1) is 7.49. The average Bonchev–Trinajstić information content (AvgIpc) is 2.20. The van der Waals surface area contributed by atoms with Crippen LogP contribution in [-0.4, -0.2) is 37.7 Å². The zero-order valence-electron chi connectivity index (χ0n) is 10.6. The van der Waals surface area contributed by atoms with Crippen LogP contribution in [0.25, 0.3) is 0 Å². The molecule has 0 saturated heterocycles. The third-order valence-electron chi connectivity index (χ3n) is 3.05. The van der Waals surface area contributed by atoms with Crippen molar-refractivity contribution in [2.24, 2.45) is 0 Å². The van der Waals surface area contributed by atoms with Gasteiger partial charge < -0.3 is 12.9 Å². The standard InChI is InChI=1S/C8H20P.CBF6/c1-5-9(6-2,7-3)8-4;3-1(4,5)2(6,7)8/h5-8H2,1-4H3;/q+1;-1. The van der Waals surface area contributed by atoms with E-state index in [9.17, 15) is 26.1 Å². The summed E-state index contributed by atoms with van der Waals surface area (Å²) in [5.74, 6) is 0. The fourth-order valence-corrected chi connectivity index (χ4v) is 4.02. The van der Waals surface area contributed by atoms with Crippen LogP contribution in [0.4, 0.5) is 26.1 Å². The number of alkyl halides is 3. The average molecular weight is 284 g/mol. The maximum atomic E-state index is 10.5. The molecule has 0 fully saturated rings. The molecule has 0 atom stereocenters. The van der Waals surface area contributed by atoms with E-state index < -0.39 is 20.3 Å². The summed E-state index contributed by atoms with van der Waals surface area (Å²) in [7, 11) is -0.420. The molecule has 0 aromatic rings. The van der Waals surface area contributed by atoms with Gasteiger partial charge in [-0.25, -0.2) is 13.2 Å². The Morgan fingerprint density at radius 2 is 0.941 bits per heavy atom. The van der Waals surface area contributed by atoms with E-state index in [1.807, 2.05) is 0 Å². The van der Waals surface area contributed by atoms with Gasteiger partial charge in [-0.1, -0.05) is 0 Å². The van der Waals surface area contributed by atoms with E-state index in [0.717, 1.165) is 0 Å². The SMILES string of the molecule is CC[P+](CC)(CC)CC.F[B-](F)(F)C(F)(F)F. The Morgan fingerprint density at radius 3 is 0.941 bits per heavy atom. The van der Waals surface area contributed by atoms with Gasteiger partial charge in [-0.15, -0.1) is 0 Å². The number of hydrogen-bond acceptors (Lipinski definition) is 0. The van der Waals surface area contributed by atoms with E-state index in [4.69, 9.17) is 0 Å². The molecule has 0 unspecified atom stereocenters. The summed E-state index contributed by atoms with van der Waals surface area (Å²) in [6, 6.07) is 0. The molecule has 0 bridgehead atoms. The van der Waals surface area contributed by atoms with E-state index in [1.165, 1.54) is 24.6 Å². The minimum absolute atomic E-state index is 0.420. The molecule has 0 N–H and O–H groups in total. The monoisotopic (exact) mass is 284 g/mol. The highest BCUT2D eigenvalue weighted by atomic mass is 31.2. The molecule has 0 aromatic carbocycles. The van der Waals surface area contributed by atoms with Crippen molar-refractivity contribution in [2.75, 3.05) is 24.6 Å². The van der Waals surface area contributed by atoms with Gasteiger partial charge >= 0.3 is 13.1 Å². The van der Waals surface area contributed by atoms with Gasteiger partial charge in [-0.3, -0.25) is 0 Å². The third kappa shape index (κ3) is 7.17. The topological polar surface area (TPSA) is 0 Å². The summed E-state index contributed by atoms with van der Waals surface area (Å²) in [5, 5.41) is 0. The lowest BCUT2D eigenvalue weighted by Gasteiger charge is -2.20. The maximum absolute atomic E-state index is 10.5. The van der Waals surface area contributed by atoms with E-state index in [-0.39, 0.29) is 0 Å². The fraction of sp³-hybridized carbons (Fsp3) is 1.00. The van der Waals surface area contributed by atoms with Gasteiger partial charge in [0.25, 0.3) is 0 Å². The Hall–Kier alpha value is 0.0749. The predicted octanol–water partition coefficient (Wildman–Crippen LogP) is 5.02. The molecular formula is C9H20BF6P. The molecule has 8 heteroatoms.